The number of nitrogens with one attached hydrogen (secondary N) is 1. The molecule has 3 aromatic heterocycles. The first-order valence-electron chi connectivity index (χ1n) is 11.7. The molecule has 2 saturated heterocycles. The predicted octanol–water partition coefficient (Wildman–Crippen LogP) is 1.40. The average Bonchev–Trinajstić information content (AvgIpc) is 2.85. The van der Waals surface area contributed by atoms with Gasteiger partial charge in [0.15, 0.2) is 0 Å². The van der Waals surface area contributed by atoms with Crippen LogP contribution in [-0.4, -0.2) is 75.6 Å². The van der Waals surface area contributed by atoms with Crippen LogP contribution in [0.1, 0.15) is 35.2 Å². The highest BCUT2D eigenvalue weighted by molar-refractivity contribution is 5.97. The van der Waals surface area contributed by atoms with Crippen LogP contribution < -0.4 is 11.0 Å². The minimum atomic E-state index is -0.216. The topological polar surface area (TPSA) is 95.9 Å². The van der Waals surface area contributed by atoms with E-state index in [1.54, 1.807) is 16.8 Å². The van der Waals surface area contributed by atoms with Crippen LogP contribution in [0, 0.1) is 12.3 Å². The molecule has 0 radical (unpaired) electrons. The number of carbonyl (C=O) groups is 1. The zero-order valence-corrected chi connectivity index (χ0v) is 19.0. The van der Waals surface area contributed by atoms with E-state index < -0.39 is 0 Å². The number of piperidine rings is 1. The minimum Gasteiger partial charge on any atom is -0.379 e. The lowest BCUT2D eigenvalue weighted by molar-refractivity contribution is 0.0363. The summed E-state index contributed by atoms with van der Waals surface area (Å²) in [5, 5.41) is 9.32. The number of aromatic nitrogens is 3. The van der Waals surface area contributed by atoms with Gasteiger partial charge in [0, 0.05) is 45.5 Å². The van der Waals surface area contributed by atoms with Crippen LogP contribution in [0.3, 0.4) is 0 Å². The van der Waals surface area contributed by atoms with Crippen molar-refractivity contribution in [1.29, 1.82) is 5.41 Å². The number of pyridine rings is 2. The summed E-state index contributed by atoms with van der Waals surface area (Å²) in [5.74, 6) is -0.171. The molecular formula is C24H30N6O3. The van der Waals surface area contributed by atoms with E-state index in [4.69, 9.17) is 15.1 Å². The second-order valence-corrected chi connectivity index (χ2v) is 8.90. The quantitative estimate of drug-likeness (QED) is 0.606. The van der Waals surface area contributed by atoms with Crippen molar-refractivity contribution in [2.24, 2.45) is 0 Å². The Labute approximate surface area is 191 Å². The van der Waals surface area contributed by atoms with E-state index in [2.05, 4.69) is 4.90 Å². The third-order valence-corrected chi connectivity index (χ3v) is 6.75. The van der Waals surface area contributed by atoms with Crippen LogP contribution in [0.15, 0.2) is 29.2 Å². The van der Waals surface area contributed by atoms with Crippen molar-refractivity contribution in [3.63, 3.8) is 0 Å². The first kappa shape index (κ1) is 21.8. The second-order valence-electron chi connectivity index (χ2n) is 8.90. The maximum Gasteiger partial charge on any atom is 0.267 e. The fraction of sp³-hybridized carbons (Fsp3) is 0.500. The van der Waals surface area contributed by atoms with Gasteiger partial charge in [-0.2, -0.15) is 0 Å². The molecular weight excluding hydrogens is 420 g/mol. The van der Waals surface area contributed by atoms with E-state index in [0.717, 1.165) is 37.9 Å². The van der Waals surface area contributed by atoms with Gasteiger partial charge in [-0.15, -0.1) is 0 Å². The monoisotopic (exact) mass is 450 g/mol. The Kier molecular flexibility index (Phi) is 5.99. The summed E-state index contributed by atoms with van der Waals surface area (Å²) >= 11 is 0. The summed E-state index contributed by atoms with van der Waals surface area (Å²) in [7, 11) is 0. The molecule has 0 spiro atoms. The standard InChI is InChI=1S/C24H30N6O3/c1-17-6-5-9-30-21(17)26-22-19(24(30)32)16-18(23(31)28-7-3-2-4-8-28)20(25)29(22)11-10-27-12-14-33-15-13-27/h5-6,9,16,25H,2-4,7-8,10-15H2,1H3. The molecule has 1 amide bonds. The first-order chi connectivity index (χ1) is 16.0. The molecule has 0 atom stereocenters. The number of nitrogens with zero attached hydrogens (tertiary/aromatic N) is 5. The summed E-state index contributed by atoms with van der Waals surface area (Å²) in [6.45, 7) is 7.52. The molecule has 174 valence electrons. The first-order valence-corrected chi connectivity index (χ1v) is 11.7. The molecule has 9 nitrogen and oxygen atoms in total. The van der Waals surface area contributed by atoms with Crippen LogP contribution in [-0.2, 0) is 11.3 Å². The highest BCUT2D eigenvalue weighted by Gasteiger charge is 2.23. The van der Waals surface area contributed by atoms with E-state index in [1.165, 1.54) is 4.40 Å². The molecule has 0 aromatic carbocycles. The van der Waals surface area contributed by atoms with Crippen LogP contribution in [0.4, 0.5) is 0 Å². The zero-order chi connectivity index (χ0) is 22.9. The number of ether oxygens (including phenoxy) is 1. The smallest absolute Gasteiger partial charge is 0.267 e. The van der Waals surface area contributed by atoms with Crippen LogP contribution >= 0.6 is 0 Å². The molecule has 0 bridgehead atoms. The summed E-state index contributed by atoms with van der Waals surface area (Å²) < 4.78 is 8.72. The Morgan fingerprint density at radius 2 is 1.85 bits per heavy atom. The van der Waals surface area contributed by atoms with Crippen molar-refractivity contribution in [2.45, 2.75) is 32.7 Å². The molecule has 2 aliphatic heterocycles. The van der Waals surface area contributed by atoms with Gasteiger partial charge in [-0.1, -0.05) is 6.07 Å². The van der Waals surface area contributed by atoms with Crippen molar-refractivity contribution < 1.29 is 9.53 Å². The molecule has 0 unspecified atom stereocenters. The number of amides is 1. The van der Waals surface area contributed by atoms with E-state index >= 15 is 0 Å². The minimum absolute atomic E-state index is 0.121. The van der Waals surface area contributed by atoms with Crippen molar-refractivity contribution >= 4 is 22.6 Å². The van der Waals surface area contributed by atoms with Gasteiger partial charge in [-0.05, 0) is 43.9 Å². The van der Waals surface area contributed by atoms with Crippen LogP contribution in [0.25, 0.3) is 16.7 Å². The van der Waals surface area contributed by atoms with Gasteiger partial charge in [0.2, 0.25) is 0 Å². The molecule has 5 rings (SSSR count). The third kappa shape index (κ3) is 4.06. The highest BCUT2D eigenvalue weighted by atomic mass is 16.5. The molecule has 3 aromatic rings. The van der Waals surface area contributed by atoms with Gasteiger partial charge in [0.1, 0.15) is 16.8 Å². The molecule has 33 heavy (non-hydrogen) atoms. The summed E-state index contributed by atoms with van der Waals surface area (Å²) in [5.41, 5.74) is 2.10. The highest BCUT2D eigenvalue weighted by Crippen LogP contribution is 2.16. The zero-order valence-electron chi connectivity index (χ0n) is 19.0. The van der Waals surface area contributed by atoms with Crippen molar-refractivity contribution in [3.05, 3.63) is 51.4 Å². The van der Waals surface area contributed by atoms with Crippen molar-refractivity contribution in [2.75, 3.05) is 45.9 Å². The fourth-order valence-electron chi connectivity index (χ4n) is 4.81. The lowest BCUT2D eigenvalue weighted by atomic mass is 10.1. The van der Waals surface area contributed by atoms with Crippen molar-refractivity contribution in [1.82, 2.24) is 23.8 Å². The maximum atomic E-state index is 13.5. The van der Waals surface area contributed by atoms with Gasteiger partial charge in [-0.25, -0.2) is 4.98 Å². The number of hydrogen-bond acceptors (Lipinski definition) is 6. The average molecular weight is 451 g/mol. The largest absolute Gasteiger partial charge is 0.379 e. The SMILES string of the molecule is Cc1cccn2c(=O)c3cc(C(=O)N4CCCCC4)c(=N)n(CCN4CCOCC4)c3nc12. The fourth-order valence-corrected chi connectivity index (χ4v) is 4.81. The molecule has 2 fully saturated rings. The van der Waals surface area contributed by atoms with Gasteiger partial charge < -0.3 is 14.2 Å². The van der Waals surface area contributed by atoms with Gasteiger partial charge in [-0.3, -0.25) is 24.3 Å². The molecule has 5 heterocycles. The van der Waals surface area contributed by atoms with Gasteiger partial charge >= 0.3 is 0 Å². The normalized spacial score (nSPS) is 17.7. The Hall–Kier alpha value is -3.04. The predicted molar refractivity (Wildman–Crippen MR) is 125 cm³/mol. The summed E-state index contributed by atoms with van der Waals surface area (Å²) in [4.78, 5) is 35.7. The molecule has 9 heteroatoms. The number of aryl methyl sites for hydroxylation is 1. The van der Waals surface area contributed by atoms with Gasteiger partial charge in [0.25, 0.3) is 11.5 Å². The van der Waals surface area contributed by atoms with Crippen molar-refractivity contribution in [3.8, 4) is 0 Å². The molecule has 0 saturated carbocycles. The number of likely N-dealkylation sites (tertiary alicyclic amines) is 1. The lowest BCUT2D eigenvalue weighted by Crippen LogP contribution is -2.42. The van der Waals surface area contributed by atoms with Gasteiger partial charge in [0.05, 0.1) is 24.2 Å². The Bertz CT molecular complexity index is 1320. The van der Waals surface area contributed by atoms with Crippen LogP contribution in [0.5, 0.6) is 0 Å². The number of carbonyl (C=O) groups excluding carboxylic acids is 1. The molecule has 1 N–H and O–H groups in total. The number of hydrogen-bond donors (Lipinski definition) is 1. The summed E-state index contributed by atoms with van der Waals surface area (Å²) in [6, 6.07) is 5.33. The number of rotatable bonds is 4. The second kappa shape index (κ2) is 9.07. The number of fused-ring (bicyclic) bond motifs is 2. The molecule has 2 aliphatic rings. The summed E-state index contributed by atoms with van der Waals surface area (Å²) in [6.07, 6.45) is 4.76. The maximum absolute atomic E-state index is 13.5. The van der Waals surface area contributed by atoms with E-state index in [1.807, 2.05) is 24.0 Å². The Morgan fingerprint density at radius 1 is 1.09 bits per heavy atom. The molecule has 0 aliphatic carbocycles. The third-order valence-electron chi connectivity index (χ3n) is 6.75. The van der Waals surface area contributed by atoms with E-state index in [0.29, 0.717) is 56.1 Å². The lowest BCUT2D eigenvalue weighted by Gasteiger charge is -2.28. The van der Waals surface area contributed by atoms with E-state index in [-0.39, 0.29) is 22.5 Å². The number of morpholine rings is 1. The van der Waals surface area contributed by atoms with Crippen LogP contribution in [0.2, 0.25) is 0 Å². The Morgan fingerprint density at radius 3 is 2.61 bits per heavy atom. The Balaban J connectivity index is 1.67. The van der Waals surface area contributed by atoms with E-state index in [9.17, 15) is 9.59 Å².